The van der Waals surface area contributed by atoms with Gasteiger partial charge in [0.05, 0.1) is 0 Å². The average molecular weight is 268 g/mol. The van der Waals surface area contributed by atoms with Crippen LogP contribution in [0.5, 0.6) is 0 Å². The van der Waals surface area contributed by atoms with Crippen LogP contribution in [0.25, 0.3) is 0 Å². The average Bonchev–Trinajstić information content (AvgIpc) is 2.52. The van der Waals surface area contributed by atoms with E-state index in [2.05, 4.69) is 59.7 Å². The lowest BCUT2D eigenvalue weighted by molar-refractivity contribution is 0.477. The van der Waals surface area contributed by atoms with Gasteiger partial charge >= 0.3 is 0 Å². The summed E-state index contributed by atoms with van der Waals surface area (Å²) in [5.74, 6) is 0. The predicted molar refractivity (Wildman–Crippen MR) is 84.8 cm³/mol. The molecular formula is C18H24N2. The molecule has 0 radical (unpaired) electrons. The zero-order valence-electron chi connectivity index (χ0n) is 12.3. The zero-order valence-corrected chi connectivity index (χ0v) is 12.3. The van der Waals surface area contributed by atoms with E-state index in [1.165, 1.54) is 24.0 Å². The van der Waals surface area contributed by atoms with Crippen molar-refractivity contribution in [3.63, 3.8) is 0 Å². The third-order valence-electron chi connectivity index (χ3n) is 3.54. The minimum absolute atomic E-state index is 0.547. The van der Waals surface area contributed by atoms with Gasteiger partial charge in [-0.05, 0) is 55.5 Å². The summed E-state index contributed by atoms with van der Waals surface area (Å²) in [4.78, 5) is 4.07. The van der Waals surface area contributed by atoms with E-state index in [1.807, 2.05) is 12.4 Å². The Balaban J connectivity index is 1.89. The van der Waals surface area contributed by atoms with Crippen LogP contribution in [-0.4, -0.2) is 17.6 Å². The third-order valence-corrected chi connectivity index (χ3v) is 3.54. The van der Waals surface area contributed by atoms with Crippen LogP contribution in [0, 0.1) is 0 Å². The summed E-state index contributed by atoms with van der Waals surface area (Å²) in [7, 11) is 0. The fourth-order valence-electron chi connectivity index (χ4n) is 2.41. The molecule has 1 heterocycles. The Morgan fingerprint density at radius 3 is 2.45 bits per heavy atom. The first-order valence-electron chi connectivity index (χ1n) is 7.54. The Hall–Kier alpha value is -1.67. The van der Waals surface area contributed by atoms with Gasteiger partial charge in [-0.3, -0.25) is 4.98 Å². The Bertz CT molecular complexity index is 467. The largest absolute Gasteiger partial charge is 0.314 e. The summed E-state index contributed by atoms with van der Waals surface area (Å²) in [5.41, 5.74) is 2.78. The summed E-state index contributed by atoms with van der Waals surface area (Å²) in [5, 5.41) is 3.67. The molecule has 0 bridgehead atoms. The topological polar surface area (TPSA) is 24.9 Å². The Kier molecular flexibility index (Phi) is 6.25. The molecule has 0 saturated heterocycles. The van der Waals surface area contributed by atoms with E-state index < -0.39 is 0 Å². The maximum Gasteiger partial charge on any atom is 0.0270 e. The van der Waals surface area contributed by atoms with Gasteiger partial charge in [0.15, 0.2) is 0 Å². The van der Waals surface area contributed by atoms with E-state index in [0.717, 1.165) is 19.4 Å². The second-order valence-corrected chi connectivity index (χ2v) is 5.23. The van der Waals surface area contributed by atoms with Crippen molar-refractivity contribution in [1.82, 2.24) is 10.3 Å². The minimum atomic E-state index is 0.547. The number of pyridine rings is 1. The molecule has 1 N–H and O–H groups in total. The number of aromatic nitrogens is 1. The number of nitrogens with zero attached hydrogens (tertiary/aromatic N) is 1. The molecule has 1 unspecified atom stereocenters. The third kappa shape index (κ3) is 5.14. The van der Waals surface area contributed by atoms with Crippen molar-refractivity contribution in [2.75, 3.05) is 6.54 Å². The fourth-order valence-corrected chi connectivity index (χ4v) is 2.41. The van der Waals surface area contributed by atoms with E-state index >= 15 is 0 Å². The van der Waals surface area contributed by atoms with Crippen molar-refractivity contribution in [2.24, 2.45) is 0 Å². The molecule has 20 heavy (non-hydrogen) atoms. The molecule has 2 rings (SSSR count). The highest BCUT2D eigenvalue weighted by molar-refractivity contribution is 5.16. The first-order chi connectivity index (χ1) is 9.88. The summed E-state index contributed by atoms with van der Waals surface area (Å²) < 4.78 is 0. The zero-order chi connectivity index (χ0) is 14.0. The first kappa shape index (κ1) is 14.7. The van der Waals surface area contributed by atoms with Gasteiger partial charge in [0.1, 0.15) is 0 Å². The summed E-state index contributed by atoms with van der Waals surface area (Å²) in [6, 6.07) is 15.5. The van der Waals surface area contributed by atoms with Gasteiger partial charge in [0.25, 0.3) is 0 Å². The SMILES string of the molecule is CCCNC(CCc1ccncc1)Cc1ccccc1. The fraction of sp³-hybridized carbons (Fsp3) is 0.389. The smallest absolute Gasteiger partial charge is 0.0270 e. The van der Waals surface area contributed by atoms with Gasteiger partial charge < -0.3 is 5.32 Å². The molecule has 0 saturated carbocycles. The Morgan fingerprint density at radius 1 is 1.00 bits per heavy atom. The van der Waals surface area contributed by atoms with E-state index in [-0.39, 0.29) is 0 Å². The molecular weight excluding hydrogens is 244 g/mol. The van der Waals surface area contributed by atoms with Gasteiger partial charge in [-0.15, -0.1) is 0 Å². The molecule has 0 aliphatic carbocycles. The van der Waals surface area contributed by atoms with Crippen LogP contribution in [0.1, 0.15) is 30.9 Å². The van der Waals surface area contributed by atoms with Gasteiger partial charge in [-0.25, -0.2) is 0 Å². The van der Waals surface area contributed by atoms with Crippen molar-refractivity contribution in [3.05, 3.63) is 66.0 Å². The summed E-state index contributed by atoms with van der Waals surface area (Å²) in [6.07, 6.45) is 8.31. The normalized spacial score (nSPS) is 12.2. The molecule has 0 aliphatic rings. The number of nitrogens with one attached hydrogen (secondary N) is 1. The molecule has 0 amide bonds. The molecule has 0 aliphatic heterocycles. The van der Waals surface area contributed by atoms with E-state index in [1.54, 1.807) is 0 Å². The molecule has 2 heteroatoms. The van der Waals surface area contributed by atoms with Crippen LogP contribution in [-0.2, 0) is 12.8 Å². The van der Waals surface area contributed by atoms with Gasteiger partial charge in [0.2, 0.25) is 0 Å². The lowest BCUT2D eigenvalue weighted by Crippen LogP contribution is -2.32. The van der Waals surface area contributed by atoms with Crippen LogP contribution < -0.4 is 5.32 Å². The van der Waals surface area contributed by atoms with Crippen LogP contribution in [0.15, 0.2) is 54.9 Å². The quantitative estimate of drug-likeness (QED) is 0.791. The second-order valence-electron chi connectivity index (χ2n) is 5.23. The van der Waals surface area contributed by atoms with Crippen molar-refractivity contribution in [2.45, 2.75) is 38.6 Å². The Morgan fingerprint density at radius 2 is 1.75 bits per heavy atom. The highest BCUT2D eigenvalue weighted by Crippen LogP contribution is 2.10. The molecule has 1 aromatic carbocycles. The number of benzene rings is 1. The lowest BCUT2D eigenvalue weighted by atomic mass is 9.99. The van der Waals surface area contributed by atoms with Crippen molar-refractivity contribution in [3.8, 4) is 0 Å². The maximum atomic E-state index is 4.07. The molecule has 2 nitrogen and oxygen atoms in total. The van der Waals surface area contributed by atoms with Crippen LogP contribution >= 0.6 is 0 Å². The highest BCUT2D eigenvalue weighted by atomic mass is 14.9. The molecule has 0 fully saturated rings. The Labute approximate surface area is 122 Å². The number of rotatable bonds is 8. The number of aryl methyl sites for hydroxylation is 1. The van der Waals surface area contributed by atoms with Crippen molar-refractivity contribution < 1.29 is 0 Å². The van der Waals surface area contributed by atoms with Crippen LogP contribution in [0.4, 0.5) is 0 Å². The standard InChI is InChI=1S/C18H24N2/c1-2-12-20-18(15-17-6-4-3-5-7-17)9-8-16-10-13-19-14-11-16/h3-7,10-11,13-14,18,20H,2,8-9,12,15H2,1H3. The summed E-state index contributed by atoms with van der Waals surface area (Å²) in [6.45, 7) is 3.31. The highest BCUT2D eigenvalue weighted by Gasteiger charge is 2.09. The number of hydrogen-bond donors (Lipinski definition) is 1. The van der Waals surface area contributed by atoms with E-state index in [0.29, 0.717) is 6.04 Å². The van der Waals surface area contributed by atoms with E-state index in [4.69, 9.17) is 0 Å². The van der Waals surface area contributed by atoms with Crippen molar-refractivity contribution >= 4 is 0 Å². The minimum Gasteiger partial charge on any atom is -0.314 e. The first-order valence-corrected chi connectivity index (χ1v) is 7.54. The van der Waals surface area contributed by atoms with E-state index in [9.17, 15) is 0 Å². The molecule has 106 valence electrons. The molecule has 0 spiro atoms. The predicted octanol–water partition coefficient (Wildman–Crippen LogP) is 3.63. The monoisotopic (exact) mass is 268 g/mol. The van der Waals surface area contributed by atoms with Crippen LogP contribution in [0.3, 0.4) is 0 Å². The van der Waals surface area contributed by atoms with Crippen LogP contribution in [0.2, 0.25) is 0 Å². The van der Waals surface area contributed by atoms with Crippen molar-refractivity contribution in [1.29, 1.82) is 0 Å². The van der Waals surface area contributed by atoms with Gasteiger partial charge in [-0.1, -0.05) is 37.3 Å². The molecule has 1 aromatic heterocycles. The molecule has 1 atom stereocenters. The lowest BCUT2D eigenvalue weighted by Gasteiger charge is -2.18. The number of hydrogen-bond acceptors (Lipinski definition) is 2. The summed E-state index contributed by atoms with van der Waals surface area (Å²) >= 11 is 0. The molecule has 2 aromatic rings. The second kappa shape index (κ2) is 8.49. The van der Waals surface area contributed by atoms with Gasteiger partial charge in [-0.2, -0.15) is 0 Å². The maximum absolute atomic E-state index is 4.07. The van der Waals surface area contributed by atoms with Gasteiger partial charge in [0, 0.05) is 18.4 Å².